The Morgan fingerprint density at radius 1 is 1.17 bits per heavy atom. The van der Waals surface area contributed by atoms with Gasteiger partial charge in [-0.1, -0.05) is 17.7 Å². The van der Waals surface area contributed by atoms with Crippen LogP contribution in [0.1, 0.15) is 0 Å². The molecule has 1 unspecified atom stereocenters. The Hall–Kier alpha value is -1.81. The van der Waals surface area contributed by atoms with E-state index >= 15 is 0 Å². The number of nitrogens with zero attached hydrogens (tertiary/aromatic N) is 2. The van der Waals surface area contributed by atoms with Crippen LogP contribution in [0.4, 0.5) is 14.5 Å². The summed E-state index contributed by atoms with van der Waals surface area (Å²) in [5.74, 6) is -1.89. The van der Waals surface area contributed by atoms with Gasteiger partial charge >= 0.3 is 5.96 Å². The van der Waals surface area contributed by atoms with Gasteiger partial charge in [-0.25, -0.2) is 13.7 Å². The van der Waals surface area contributed by atoms with E-state index in [0.717, 1.165) is 18.2 Å². The number of nitrogens with one attached hydrogen (secondary N) is 2. The Balaban J connectivity index is 0.00000192. The number of halogens is 4. The molecule has 2 N–H and O–H groups in total. The number of hydrogen-bond acceptors (Lipinski definition) is 4. The monoisotopic (exact) mass is 380 g/mol. The minimum Gasteiger partial charge on any atom is -1.00 e. The highest BCUT2D eigenvalue weighted by Gasteiger charge is 2.33. The highest BCUT2D eigenvalue weighted by Crippen LogP contribution is 2.22. The van der Waals surface area contributed by atoms with Crippen LogP contribution >= 0.6 is 11.6 Å². The Kier molecular flexibility index (Phi) is 4.85. The number of benzene rings is 1. The van der Waals surface area contributed by atoms with E-state index in [1.54, 1.807) is 0 Å². The molecule has 1 aromatic rings. The summed E-state index contributed by atoms with van der Waals surface area (Å²) < 4.78 is 53.3. The molecule has 0 saturated heterocycles. The molecule has 1 atom stereocenters. The molecule has 11 heteroatoms. The molecule has 122 valence electrons. The lowest BCUT2D eigenvalue weighted by atomic mass is 10.3. The molecule has 6 nitrogen and oxygen atoms in total. The molecule has 0 aliphatic carbocycles. The molecule has 0 radical (unpaired) electrons. The van der Waals surface area contributed by atoms with Crippen LogP contribution in [0.2, 0.25) is 0 Å². The second-order valence-electron chi connectivity index (χ2n) is 4.36. The van der Waals surface area contributed by atoms with Crippen LogP contribution < -0.4 is 22.0 Å². The van der Waals surface area contributed by atoms with Gasteiger partial charge < -0.3 is 12.4 Å². The van der Waals surface area contributed by atoms with Crippen molar-refractivity contribution in [3.05, 3.63) is 52.3 Å². The number of rotatable bonds is 3. The third kappa shape index (κ3) is 3.42. The lowest BCUT2D eigenvalue weighted by Crippen LogP contribution is -3.05. The second kappa shape index (κ2) is 6.36. The lowest BCUT2D eigenvalue weighted by Gasteiger charge is -2.07. The topological polar surface area (TPSA) is 75.3 Å². The highest BCUT2D eigenvalue weighted by atomic mass is 35.5. The van der Waals surface area contributed by atoms with E-state index in [4.69, 9.17) is 11.6 Å². The number of hydrogen-bond donors (Lipinski definition) is 2. The number of guanidine groups is 1. The summed E-state index contributed by atoms with van der Waals surface area (Å²) >= 11 is 5.76. The molecular weight excluding hydrogens is 373 g/mol. The van der Waals surface area contributed by atoms with Crippen molar-refractivity contribution < 1.29 is 34.5 Å². The molecule has 1 aromatic carbocycles. The molecule has 0 spiro atoms. The molecule has 2 aliphatic heterocycles. The van der Waals surface area contributed by atoms with Crippen LogP contribution in [0.15, 0.2) is 50.6 Å². The maximum absolute atomic E-state index is 13.5. The average Bonchev–Trinajstić information content (AvgIpc) is 2.87. The quantitative estimate of drug-likeness (QED) is 0.632. The van der Waals surface area contributed by atoms with Gasteiger partial charge in [0.05, 0.1) is 6.21 Å². The minimum atomic E-state index is -4.26. The van der Waals surface area contributed by atoms with E-state index in [-0.39, 0.29) is 18.4 Å². The van der Waals surface area contributed by atoms with Crippen molar-refractivity contribution in [1.82, 2.24) is 0 Å². The molecule has 2 aliphatic rings. The Bertz CT molecular complexity index is 861. The number of aliphatic imine (C=N–C) groups is 2. The first-order valence-corrected chi connectivity index (χ1v) is 7.79. The first-order chi connectivity index (χ1) is 10.4. The number of anilines is 1. The third-order valence-electron chi connectivity index (χ3n) is 2.83. The summed E-state index contributed by atoms with van der Waals surface area (Å²) in [7, 11) is -4.26. The maximum atomic E-state index is 13.5. The van der Waals surface area contributed by atoms with Crippen molar-refractivity contribution in [2.24, 2.45) is 9.98 Å². The summed E-state index contributed by atoms with van der Waals surface area (Å²) in [4.78, 5) is 8.09. The predicted octanol–water partition coefficient (Wildman–Crippen LogP) is -2.07. The fraction of sp³-hybridized carbons (Fsp3) is 0. The van der Waals surface area contributed by atoms with Gasteiger partial charge in [-0.3, -0.25) is 4.72 Å². The summed E-state index contributed by atoms with van der Waals surface area (Å²) in [6, 6.07) is 3.01. The van der Waals surface area contributed by atoms with Gasteiger partial charge in [-0.15, -0.1) is 0 Å². The second-order valence-corrected chi connectivity index (χ2v) is 6.43. The van der Waals surface area contributed by atoms with E-state index in [1.807, 2.05) is 4.72 Å². The highest BCUT2D eigenvalue weighted by molar-refractivity contribution is 7.96. The number of quaternary nitrogens is 1. The normalized spacial score (nSPS) is 19.3. The first-order valence-electron chi connectivity index (χ1n) is 5.92. The maximum Gasteiger partial charge on any atom is 0.338 e. The van der Waals surface area contributed by atoms with E-state index in [9.17, 15) is 17.2 Å². The van der Waals surface area contributed by atoms with Gasteiger partial charge in [0, 0.05) is 0 Å². The molecule has 0 amide bonds. The van der Waals surface area contributed by atoms with Crippen LogP contribution in [-0.4, -0.2) is 20.6 Å². The zero-order valence-electron chi connectivity index (χ0n) is 11.1. The minimum absolute atomic E-state index is 0. The van der Waals surface area contributed by atoms with Gasteiger partial charge in [0.2, 0.25) is 5.03 Å². The van der Waals surface area contributed by atoms with Gasteiger partial charge in [0.25, 0.3) is 10.0 Å². The molecular formula is C12H8Cl2F2N4O2S. The molecule has 0 bridgehead atoms. The van der Waals surface area contributed by atoms with Crippen molar-refractivity contribution >= 4 is 39.5 Å². The van der Waals surface area contributed by atoms with Gasteiger partial charge in [0.15, 0.2) is 0 Å². The molecule has 0 fully saturated rings. The van der Waals surface area contributed by atoms with E-state index < -0.39 is 32.4 Å². The summed E-state index contributed by atoms with van der Waals surface area (Å²) in [5.41, 5.74) is -0.763. The summed E-state index contributed by atoms with van der Waals surface area (Å²) in [5, 5.41) is -0.0862. The van der Waals surface area contributed by atoms with Gasteiger partial charge in [-0.05, 0) is 12.1 Å². The SMILES string of the molecule is O=S(=O)(Nc1c(F)cccc1F)C1=C[NH+]2C=C(Cl)C=NC2=N1.[Cl-]. The third-order valence-corrected chi connectivity index (χ3v) is 4.27. The molecule has 0 saturated carbocycles. The Labute approximate surface area is 141 Å². The van der Waals surface area contributed by atoms with Crippen LogP contribution in [0, 0.1) is 11.6 Å². The van der Waals surface area contributed by atoms with Crippen molar-refractivity contribution in [1.29, 1.82) is 0 Å². The van der Waals surface area contributed by atoms with Crippen LogP contribution in [-0.2, 0) is 10.0 Å². The van der Waals surface area contributed by atoms with E-state index in [1.165, 1.54) is 18.6 Å². The van der Waals surface area contributed by atoms with Gasteiger partial charge in [0.1, 0.15) is 34.8 Å². The summed E-state index contributed by atoms with van der Waals surface area (Å²) in [6.07, 6.45) is 4.02. The number of fused-ring (bicyclic) bond motifs is 1. The standard InChI is InChI=1S/C12H7ClF2N4O2S.ClH/c13-7-4-16-12-17-10(6-19(12)5-7)22(20,21)18-11-8(14)2-1-3-9(11)15;/h1-6,18H;1H. The van der Waals surface area contributed by atoms with E-state index in [2.05, 4.69) is 9.98 Å². The largest absolute Gasteiger partial charge is 1.00 e. The fourth-order valence-corrected chi connectivity index (χ4v) is 3.06. The van der Waals surface area contributed by atoms with E-state index in [0.29, 0.717) is 9.93 Å². The van der Waals surface area contributed by atoms with Crippen molar-refractivity contribution in [3.63, 3.8) is 0 Å². The number of sulfonamides is 1. The van der Waals surface area contributed by atoms with Crippen molar-refractivity contribution in [2.45, 2.75) is 0 Å². The Morgan fingerprint density at radius 3 is 2.48 bits per heavy atom. The number of allylic oxidation sites excluding steroid dienone is 1. The fourth-order valence-electron chi connectivity index (χ4n) is 1.84. The predicted molar refractivity (Wildman–Crippen MR) is 77.8 cm³/mol. The zero-order chi connectivity index (χ0) is 15.9. The van der Waals surface area contributed by atoms with Crippen molar-refractivity contribution in [2.75, 3.05) is 4.72 Å². The molecule has 2 heterocycles. The smallest absolute Gasteiger partial charge is 0.338 e. The first kappa shape index (κ1) is 17.5. The summed E-state index contributed by atoms with van der Waals surface area (Å²) in [6.45, 7) is 0. The molecule has 0 aromatic heterocycles. The van der Waals surface area contributed by atoms with Gasteiger partial charge in [-0.2, -0.15) is 18.4 Å². The average molecular weight is 381 g/mol. The molecule has 3 rings (SSSR count). The Morgan fingerprint density at radius 2 is 1.83 bits per heavy atom. The van der Waals surface area contributed by atoms with Crippen LogP contribution in [0.25, 0.3) is 0 Å². The van der Waals surface area contributed by atoms with Crippen molar-refractivity contribution in [3.8, 4) is 0 Å². The van der Waals surface area contributed by atoms with Crippen LogP contribution in [0.3, 0.4) is 0 Å². The molecule has 23 heavy (non-hydrogen) atoms. The lowest BCUT2D eigenvalue weighted by molar-refractivity contribution is -0.681. The number of para-hydroxylation sites is 1. The zero-order valence-corrected chi connectivity index (χ0v) is 13.4. The van der Waals surface area contributed by atoms with Crippen LogP contribution in [0.5, 0.6) is 0 Å².